The number of amides is 2. The fourth-order valence-corrected chi connectivity index (χ4v) is 3.53. The number of esters is 2. The van der Waals surface area contributed by atoms with E-state index in [-0.39, 0.29) is 18.9 Å². The number of carbonyl (C=O) groups excluding carboxylic acids is 4. The summed E-state index contributed by atoms with van der Waals surface area (Å²) < 4.78 is 10.2. The second-order valence-corrected chi connectivity index (χ2v) is 8.06. The van der Waals surface area contributed by atoms with Gasteiger partial charge in [-0.15, -0.1) is 0 Å². The van der Waals surface area contributed by atoms with E-state index in [2.05, 4.69) is 5.32 Å². The predicted octanol–water partition coefficient (Wildman–Crippen LogP) is 3.75. The quantitative estimate of drug-likeness (QED) is 0.587. The average Bonchev–Trinajstić information content (AvgIpc) is 3.20. The van der Waals surface area contributed by atoms with Crippen molar-refractivity contribution < 1.29 is 28.7 Å². The molecular formula is C24H25ClN2O6. The van der Waals surface area contributed by atoms with E-state index in [0.717, 1.165) is 6.42 Å². The Morgan fingerprint density at radius 1 is 1.12 bits per heavy atom. The van der Waals surface area contributed by atoms with Gasteiger partial charge in [0, 0.05) is 29.4 Å². The molecule has 8 nitrogen and oxygen atoms in total. The molecule has 2 aromatic carbocycles. The molecule has 3 rings (SSSR count). The summed E-state index contributed by atoms with van der Waals surface area (Å²) in [6.45, 7) is 3.68. The number of nitrogens with one attached hydrogen (secondary N) is 1. The summed E-state index contributed by atoms with van der Waals surface area (Å²) in [4.78, 5) is 50.4. The highest BCUT2D eigenvalue weighted by Gasteiger charge is 2.36. The van der Waals surface area contributed by atoms with Crippen molar-refractivity contribution in [3.05, 3.63) is 58.6 Å². The third-order valence-electron chi connectivity index (χ3n) is 5.20. The summed E-state index contributed by atoms with van der Waals surface area (Å²) in [5.41, 5.74) is 2.19. The molecule has 1 N–H and O–H groups in total. The van der Waals surface area contributed by atoms with Crippen LogP contribution in [0.5, 0.6) is 0 Å². The van der Waals surface area contributed by atoms with Crippen molar-refractivity contribution in [2.45, 2.75) is 26.7 Å². The number of rotatable bonds is 8. The van der Waals surface area contributed by atoms with Crippen molar-refractivity contribution in [1.29, 1.82) is 0 Å². The Hall–Kier alpha value is -3.39. The second kappa shape index (κ2) is 11.0. The van der Waals surface area contributed by atoms with Crippen LogP contribution >= 0.6 is 11.6 Å². The third kappa shape index (κ3) is 6.10. The summed E-state index contributed by atoms with van der Waals surface area (Å²) in [6, 6.07) is 11.5. The van der Waals surface area contributed by atoms with Crippen LogP contribution in [-0.4, -0.2) is 43.5 Å². The number of carbonyl (C=O) groups is 4. The summed E-state index contributed by atoms with van der Waals surface area (Å²) in [5.74, 6) is -2.47. The lowest BCUT2D eigenvalue weighted by atomic mass is 10.1. The van der Waals surface area contributed by atoms with E-state index >= 15 is 0 Å². The Balaban J connectivity index is 1.53. The smallest absolute Gasteiger partial charge is 0.338 e. The Kier molecular flexibility index (Phi) is 8.06. The minimum atomic E-state index is -0.688. The first-order chi connectivity index (χ1) is 15.8. The lowest BCUT2D eigenvalue weighted by Gasteiger charge is -2.17. The zero-order valence-corrected chi connectivity index (χ0v) is 19.2. The highest BCUT2D eigenvalue weighted by atomic mass is 35.5. The van der Waals surface area contributed by atoms with E-state index in [1.165, 1.54) is 4.90 Å². The molecule has 1 fully saturated rings. The van der Waals surface area contributed by atoms with Gasteiger partial charge in [-0.3, -0.25) is 14.4 Å². The Bertz CT molecular complexity index is 1050. The predicted molar refractivity (Wildman–Crippen MR) is 123 cm³/mol. The van der Waals surface area contributed by atoms with Crippen LogP contribution in [0.25, 0.3) is 0 Å². The molecule has 0 radical (unpaired) electrons. The molecule has 1 aliphatic rings. The minimum Gasteiger partial charge on any atom is -0.462 e. The molecule has 0 aliphatic carbocycles. The Labute approximate surface area is 196 Å². The number of hydrogen-bond donors (Lipinski definition) is 1. The molecule has 0 saturated carbocycles. The van der Waals surface area contributed by atoms with E-state index in [0.29, 0.717) is 34.1 Å². The number of halogens is 1. The van der Waals surface area contributed by atoms with Crippen molar-refractivity contribution in [1.82, 2.24) is 0 Å². The molecule has 0 bridgehead atoms. The van der Waals surface area contributed by atoms with E-state index < -0.39 is 30.4 Å². The number of ether oxygens (including phenoxy) is 2. The number of benzene rings is 2. The van der Waals surface area contributed by atoms with Gasteiger partial charge in [0.2, 0.25) is 5.91 Å². The summed E-state index contributed by atoms with van der Waals surface area (Å²) in [5, 5.41) is 3.17. The van der Waals surface area contributed by atoms with E-state index in [4.69, 9.17) is 21.1 Å². The first-order valence-corrected chi connectivity index (χ1v) is 11.0. The van der Waals surface area contributed by atoms with Crippen LogP contribution in [0, 0.1) is 12.8 Å². The van der Waals surface area contributed by atoms with Gasteiger partial charge >= 0.3 is 11.9 Å². The maximum absolute atomic E-state index is 12.4. The van der Waals surface area contributed by atoms with Gasteiger partial charge in [0.15, 0.2) is 6.61 Å². The van der Waals surface area contributed by atoms with Crippen molar-refractivity contribution in [3.63, 3.8) is 0 Å². The van der Waals surface area contributed by atoms with Gasteiger partial charge in [0.05, 0.1) is 18.1 Å². The molecule has 1 heterocycles. The maximum atomic E-state index is 12.4. The second-order valence-electron chi connectivity index (χ2n) is 7.66. The summed E-state index contributed by atoms with van der Waals surface area (Å²) in [6.07, 6.45) is 0.708. The van der Waals surface area contributed by atoms with Gasteiger partial charge in [-0.05, 0) is 55.3 Å². The van der Waals surface area contributed by atoms with Gasteiger partial charge in [-0.1, -0.05) is 24.6 Å². The van der Waals surface area contributed by atoms with Crippen LogP contribution in [-0.2, 0) is 23.9 Å². The Morgan fingerprint density at radius 3 is 2.55 bits per heavy atom. The Morgan fingerprint density at radius 2 is 1.85 bits per heavy atom. The third-order valence-corrected chi connectivity index (χ3v) is 5.61. The number of hydrogen-bond acceptors (Lipinski definition) is 6. The molecule has 1 atom stereocenters. The SMILES string of the molecule is CCCOC(=O)c1ccc(N2C[C@H](C(=O)OCC(=O)Nc3cccc(Cl)c3C)CC2=O)cc1. The zero-order chi connectivity index (χ0) is 24.0. The van der Waals surface area contributed by atoms with Crippen LogP contribution in [0.3, 0.4) is 0 Å². The van der Waals surface area contributed by atoms with Gasteiger partial charge < -0.3 is 19.7 Å². The molecule has 0 spiro atoms. The fourth-order valence-electron chi connectivity index (χ4n) is 3.35. The minimum absolute atomic E-state index is 0.0197. The first-order valence-electron chi connectivity index (χ1n) is 10.6. The molecule has 1 aliphatic heterocycles. The van der Waals surface area contributed by atoms with Gasteiger partial charge in [-0.25, -0.2) is 4.79 Å². The molecule has 2 aromatic rings. The highest BCUT2D eigenvalue weighted by Crippen LogP contribution is 2.27. The molecule has 174 valence electrons. The van der Waals surface area contributed by atoms with Crippen LogP contribution in [0.4, 0.5) is 11.4 Å². The average molecular weight is 473 g/mol. The van der Waals surface area contributed by atoms with Crippen LogP contribution in [0.2, 0.25) is 5.02 Å². The van der Waals surface area contributed by atoms with Crippen molar-refractivity contribution in [3.8, 4) is 0 Å². The van der Waals surface area contributed by atoms with E-state index in [9.17, 15) is 19.2 Å². The molecule has 33 heavy (non-hydrogen) atoms. The lowest BCUT2D eigenvalue weighted by molar-refractivity contribution is -0.151. The maximum Gasteiger partial charge on any atom is 0.338 e. The van der Waals surface area contributed by atoms with Gasteiger partial charge in [0.1, 0.15) is 0 Å². The topological polar surface area (TPSA) is 102 Å². The van der Waals surface area contributed by atoms with Crippen molar-refractivity contribution in [2.75, 3.05) is 30.0 Å². The first kappa shape index (κ1) is 24.3. The number of nitrogens with zero attached hydrogens (tertiary/aromatic N) is 1. The van der Waals surface area contributed by atoms with Crippen molar-refractivity contribution >= 4 is 46.7 Å². The zero-order valence-electron chi connectivity index (χ0n) is 18.4. The molecule has 9 heteroatoms. The highest BCUT2D eigenvalue weighted by molar-refractivity contribution is 6.31. The van der Waals surface area contributed by atoms with E-state index in [1.807, 2.05) is 6.92 Å². The number of anilines is 2. The molecular weight excluding hydrogens is 448 g/mol. The van der Waals surface area contributed by atoms with Gasteiger partial charge in [-0.2, -0.15) is 0 Å². The van der Waals surface area contributed by atoms with Gasteiger partial charge in [0.25, 0.3) is 5.91 Å². The summed E-state index contributed by atoms with van der Waals surface area (Å²) >= 11 is 6.04. The molecule has 1 saturated heterocycles. The monoisotopic (exact) mass is 472 g/mol. The van der Waals surface area contributed by atoms with Crippen LogP contribution in [0.15, 0.2) is 42.5 Å². The van der Waals surface area contributed by atoms with Crippen LogP contribution in [0.1, 0.15) is 35.7 Å². The largest absolute Gasteiger partial charge is 0.462 e. The normalized spacial score (nSPS) is 15.3. The summed E-state index contributed by atoms with van der Waals surface area (Å²) in [7, 11) is 0. The molecule has 2 amide bonds. The lowest BCUT2D eigenvalue weighted by Crippen LogP contribution is -2.28. The van der Waals surface area contributed by atoms with E-state index in [1.54, 1.807) is 49.4 Å². The van der Waals surface area contributed by atoms with Crippen LogP contribution < -0.4 is 10.2 Å². The molecule has 0 unspecified atom stereocenters. The standard InChI is InChI=1S/C24H25ClN2O6/c1-3-11-32-23(30)16-7-9-18(10-8-16)27-13-17(12-22(27)29)24(31)33-14-21(28)26-20-6-4-5-19(25)15(20)2/h4-10,17H,3,11-14H2,1-2H3,(H,26,28)/t17-/m1/s1. The molecule has 0 aromatic heterocycles. The fraction of sp³-hybridized carbons (Fsp3) is 0.333. The van der Waals surface area contributed by atoms with Crippen molar-refractivity contribution in [2.24, 2.45) is 5.92 Å².